The zero-order valence-corrected chi connectivity index (χ0v) is 12.5. The number of hydrogen-bond acceptors (Lipinski definition) is 3. The molecule has 1 heterocycles. The minimum Gasteiger partial charge on any atom is -0.370 e. The highest BCUT2D eigenvalue weighted by Crippen LogP contribution is 2.28. The van der Waals surface area contributed by atoms with Gasteiger partial charge in [-0.25, -0.2) is 4.98 Å². The molecule has 1 saturated carbocycles. The molecule has 0 bridgehead atoms. The van der Waals surface area contributed by atoms with Gasteiger partial charge in [-0.05, 0) is 44.9 Å². The Morgan fingerprint density at radius 3 is 2.84 bits per heavy atom. The predicted octanol–water partition coefficient (Wildman–Crippen LogP) is 3.52. The third-order valence-corrected chi connectivity index (χ3v) is 4.21. The van der Waals surface area contributed by atoms with Crippen LogP contribution in [0.5, 0.6) is 0 Å². The second-order valence-electron chi connectivity index (χ2n) is 5.79. The van der Waals surface area contributed by atoms with Crippen molar-refractivity contribution in [3.05, 3.63) is 23.9 Å². The zero-order valence-electron chi connectivity index (χ0n) is 12.5. The fourth-order valence-corrected chi connectivity index (χ4v) is 3.17. The molecular formula is C16H27N3. The number of nitrogens with one attached hydrogen (secondary N) is 1. The van der Waals surface area contributed by atoms with Crippen LogP contribution in [0.3, 0.4) is 0 Å². The van der Waals surface area contributed by atoms with Crippen LogP contribution >= 0.6 is 0 Å². The van der Waals surface area contributed by atoms with E-state index >= 15 is 0 Å². The molecule has 1 aromatic rings. The molecule has 1 aromatic heterocycles. The van der Waals surface area contributed by atoms with Crippen LogP contribution < -0.4 is 5.32 Å². The summed E-state index contributed by atoms with van der Waals surface area (Å²) in [6.45, 7) is 6.37. The molecule has 0 spiro atoms. The maximum atomic E-state index is 4.67. The highest BCUT2D eigenvalue weighted by Gasteiger charge is 2.24. The van der Waals surface area contributed by atoms with E-state index in [-0.39, 0.29) is 0 Å². The van der Waals surface area contributed by atoms with E-state index < -0.39 is 0 Å². The first kappa shape index (κ1) is 14.3. The summed E-state index contributed by atoms with van der Waals surface area (Å²) in [7, 11) is 2.24. The fraction of sp³-hybridized carbons (Fsp3) is 0.688. The summed E-state index contributed by atoms with van der Waals surface area (Å²) < 4.78 is 0. The lowest BCUT2D eigenvalue weighted by Gasteiger charge is -2.36. The van der Waals surface area contributed by atoms with Gasteiger partial charge in [0, 0.05) is 19.1 Å². The minimum absolute atomic E-state index is 0.721. The Hall–Kier alpha value is -1.09. The van der Waals surface area contributed by atoms with Crippen molar-refractivity contribution in [1.82, 2.24) is 9.88 Å². The van der Waals surface area contributed by atoms with Crippen molar-refractivity contribution in [2.24, 2.45) is 5.92 Å². The first-order valence-corrected chi connectivity index (χ1v) is 7.60. The van der Waals surface area contributed by atoms with E-state index in [0.29, 0.717) is 0 Å². The lowest BCUT2D eigenvalue weighted by molar-refractivity contribution is 0.132. The van der Waals surface area contributed by atoms with Crippen LogP contribution in [0.1, 0.15) is 45.2 Å². The first-order chi connectivity index (χ1) is 9.20. The summed E-state index contributed by atoms with van der Waals surface area (Å²) in [5, 5.41) is 3.28. The van der Waals surface area contributed by atoms with Crippen LogP contribution in [0.25, 0.3) is 0 Å². The molecule has 0 aromatic carbocycles. The first-order valence-electron chi connectivity index (χ1n) is 7.60. The topological polar surface area (TPSA) is 28.2 Å². The molecule has 1 aliphatic rings. The van der Waals surface area contributed by atoms with Crippen molar-refractivity contribution >= 4 is 5.82 Å². The van der Waals surface area contributed by atoms with E-state index in [0.717, 1.165) is 30.9 Å². The van der Waals surface area contributed by atoms with Crippen LogP contribution in [0.15, 0.2) is 18.2 Å². The number of anilines is 1. The molecule has 0 saturated heterocycles. The zero-order chi connectivity index (χ0) is 13.7. The van der Waals surface area contributed by atoms with Gasteiger partial charge in [0.2, 0.25) is 0 Å². The Morgan fingerprint density at radius 2 is 2.11 bits per heavy atom. The van der Waals surface area contributed by atoms with Crippen LogP contribution in [-0.2, 0) is 6.54 Å². The number of aromatic nitrogens is 1. The normalized spacial score (nSPS) is 23.6. The molecule has 0 radical (unpaired) electrons. The largest absolute Gasteiger partial charge is 0.370 e. The molecule has 2 rings (SSSR count). The minimum atomic E-state index is 0.721. The second-order valence-corrected chi connectivity index (χ2v) is 5.79. The molecule has 3 nitrogen and oxygen atoms in total. The van der Waals surface area contributed by atoms with Crippen molar-refractivity contribution in [3.8, 4) is 0 Å². The van der Waals surface area contributed by atoms with Crippen molar-refractivity contribution < 1.29 is 0 Å². The highest BCUT2D eigenvalue weighted by atomic mass is 15.1. The summed E-state index contributed by atoms with van der Waals surface area (Å²) in [6, 6.07) is 6.98. The maximum absolute atomic E-state index is 4.67. The Labute approximate surface area is 117 Å². The summed E-state index contributed by atoms with van der Waals surface area (Å²) in [4.78, 5) is 7.16. The summed E-state index contributed by atoms with van der Waals surface area (Å²) in [6.07, 6.45) is 5.49. The van der Waals surface area contributed by atoms with E-state index in [1.54, 1.807) is 0 Å². The molecule has 106 valence electrons. The van der Waals surface area contributed by atoms with E-state index in [1.165, 1.54) is 31.4 Å². The van der Waals surface area contributed by atoms with E-state index in [2.05, 4.69) is 48.2 Å². The van der Waals surface area contributed by atoms with Crippen LogP contribution in [0.2, 0.25) is 0 Å². The molecule has 2 atom stereocenters. The molecule has 19 heavy (non-hydrogen) atoms. The third-order valence-electron chi connectivity index (χ3n) is 4.21. The van der Waals surface area contributed by atoms with Gasteiger partial charge < -0.3 is 5.32 Å². The average molecular weight is 261 g/mol. The Balaban J connectivity index is 1.97. The fourth-order valence-electron chi connectivity index (χ4n) is 3.17. The van der Waals surface area contributed by atoms with Crippen LogP contribution in [0, 0.1) is 5.92 Å². The van der Waals surface area contributed by atoms with Gasteiger partial charge in [-0.1, -0.05) is 25.8 Å². The lowest BCUT2D eigenvalue weighted by Crippen LogP contribution is -2.38. The number of nitrogens with zero attached hydrogens (tertiary/aromatic N) is 2. The van der Waals surface area contributed by atoms with Gasteiger partial charge in [0.15, 0.2) is 0 Å². The SMILES string of the molecule is CCNc1cccc(CN(C)C2CCCCC2C)n1. The number of pyridine rings is 1. The number of hydrogen-bond donors (Lipinski definition) is 1. The quantitative estimate of drug-likeness (QED) is 0.879. The van der Waals surface area contributed by atoms with Gasteiger partial charge in [0.25, 0.3) is 0 Å². The summed E-state index contributed by atoms with van der Waals surface area (Å²) in [5.41, 5.74) is 1.17. The van der Waals surface area contributed by atoms with Crippen molar-refractivity contribution in [2.75, 3.05) is 18.9 Å². The van der Waals surface area contributed by atoms with E-state index in [1.807, 2.05) is 6.07 Å². The molecule has 3 heteroatoms. The molecule has 1 N–H and O–H groups in total. The van der Waals surface area contributed by atoms with Gasteiger partial charge in [-0.15, -0.1) is 0 Å². The maximum Gasteiger partial charge on any atom is 0.126 e. The van der Waals surface area contributed by atoms with Gasteiger partial charge in [-0.2, -0.15) is 0 Å². The Bertz CT molecular complexity index is 391. The molecule has 2 unspecified atom stereocenters. The van der Waals surface area contributed by atoms with E-state index in [9.17, 15) is 0 Å². The second kappa shape index (κ2) is 6.90. The summed E-state index contributed by atoms with van der Waals surface area (Å²) >= 11 is 0. The molecule has 0 aliphatic heterocycles. The van der Waals surface area contributed by atoms with Gasteiger partial charge in [-0.3, -0.25) is 4.90 Å². The third kappa shape index (κ3) is 3.93. The van der Waals surface area contributed by atoms with Crippen LogP contribution in [-0.4, -0.2) is 29.5 Å². The smallest absolute Gasteiger partial charge is 0.126 e. The van der Waals surface area contributed by atoms with Crippen molar-refractivity contribution in [3.63, 3.8) is 0 Å². The van der Waals surface area contributed by atoms with Crippen LogP contribution in [0.4, 0.5) is 5.82 Å². The molecular weight excluding hydrogens is 234 g/mol. The lowest BCUT2D eigenvalue weighted by atomic mass is 9.85. The van der Waals surface area contributed by atoms with Crippen molar-refractivity contribution in [2.45, 2.75) is 52.1 Å². The average Bonchev–Trinajstić information content (AvgIpc) is 2.40. The molecule has 0 amide bonds. The van der Waals surface area contributed by atoms with Gasteiger partial charge >= 0.3 is 0 Å². The Morgan fingerprint density at radius 1 is 1.32 bits per heavy atom. The Kier molecular flexibility index (Phi) is 5.20. The standard InChI is InChI=1S/C16H27N3/c1-4-17-16-11-7-9-14(18-16)12-19(3)15-10-6-5-8-13(15)2/h7,9,11,13,15H,4-6,8,10,12H2,1-3H3,(H,17,18). The molecule has 1 fully saturated rings. The van der Waals surface area contributed by atoms with Gasteiger partial charge in [0.05, 0.1) is 5.69 Å². The predicted molar refractivity (Wildman–Crippen MR) is 81.3 cm³/mol. The highest BCUT2D eigenvalue weighted by molar-refractivity contribution is 5.34. The van der Waals surface area contributed by atoms with E-state index in [4.69, 9.17) is 0 Å². The molecule has 1 aliphatic carbocycles. The summed E-state index contributed by atoms with van der Waals surface area (Å²) in [5.74, 6) is 1.81. The van der Waals surface area contributed by atoms with Crippen molar-refractivity contribution in [1.29, 1.82) is 0 Å². The van der Waals surface area contributed by atoms with Gasteiger partial charge in [0.1, 0.15) is 5.82 Å². The monoisotopic (exact) mass is 261 g/mol. The number of rotatable bonds is 5.